The first-order valence-electron chi connectivity index (χ1n) is 7.73. The third-order valence-electron chi connectivity index (χ3n) is 5.12. The largest absolute Gasteiger partial charge is 0.392 e. The molecule has 2 aliphatic rings. The van der Waals surface area contributed by atoms with Crippen molar-refractivity contribution < 1.29 is 5.11 Å². The van der Waals surface area contributed by atoms with E-state index in [1.165, 1.54) is 44.9 Å². The Labute approximate surface area is 129 Å². The lowest BCUT2D eigenvalue weighted by Crippen LogP contribution is -2.41. The average Bonchev–Trinajstić information content (AvgIpc) is 2.49. The van der Waals surface area contributed by atoms with E-state index in [0.717, 1.165) is 28.9 Å². The number of nitrogens with zero attached hydrogens (tertiary/aromatic N) is 2. The number of halogens is 1. The number of anilines is 1. The van der Waals surface area contributed by atoms with E-state index in [9.17, 15) is 5.11 Å². The normalized spacial score (nSPS) is 22.2. The molecule has 1 aliphatic carbocycles. The molecule has 0 unspecified atom stereocenters. The van der Waals surface area contributed by atoms with Crippen LogP contribution in [0.25, 0.3) is 0 Å². The van der Waals surface area contributed by atoms with Gasteiger partial charge in [-0.15, -0.1) is 0 Å². The fraction of sp³-hybridized carbons (Fsp3) is 0.688. The highest BCUT2D eigenvalue weighted by molar-refractivity contribution is 9.10. The maximum atomic E-state index is 9.53. The van der Waals surface area contributed by atoms with Crippen LogP contribution in [0.3, 0.4) is 0 Å². The molecule has 2 heterocycles. The van der Waals surface area contributed by atoms with E-state index in [1.807, 2.05) is 12.3 Å². The number of pyridine rings is 1. The zero-order valence-corrected chi connectivity index (χ0v) is 13.5. The first kappa shape index (κ1) is 14.3. The van der Waals surface area contributed by atoms with E-state index in [-0.39, 0.29) is 6.61 Å². The van der Waals surface area contributed by atoms with Crippen LogP contribution in [0.4, 0.5) is 5.82 Å². The van der Waals surface area contributed by atoms with E-state index < -0.39 is 0 Å². The van der Waals surface area contributed by atoms with Crippen LogP contribution in [0.2, 0.25) is 0 Å². The highest BCUT2D eigenvalue weighted by Gasteiger charge is 2.36. The maximum Gasteiger partial charge on any atom is 0.134 e. The lowest BCUT2D eigenvalue weighted by atomic mass is 9.68. The van der Waals surface area contributed by atoms with Gasteiger partial charge in [-0.2, -0.15) is 0 Å². The second kappa shape index (κ2) is 6.02. The minimum Gasteiger partial charge on any atom is -0.392 e. The Kier molecular flexibility index (Phi) is 4.32. The molecule has 1 N–H and O–H groups in total. The van der Waals surface area contributed by atoms with E-state index in [1.54, 1.807) is 0 Å². The zero-order valence-electron chi connectivity index (χ0n) is 11.9. The van der Waals surface area contributed by atoms with Crippen LogP contribution in [0.5, 0.6) is 0 Å². The number of rotatable bonds is 2. The Bertz CT molecular complexity index is 462. The predicted molar refractivity (Wildman–Crippen MR) is 84.8 cm³/mol. The molecule has 20 heavy (non-hydrogen) atoms. The van der Waals surface area contributed by atoms with Gasteiger partial charge in [0.15, 0.2) is 0 Å². The molecule has 110 valence electrons. The van der Waals surface area contributed by atoms with E-state index >= 15 is 0 Å². The summed E-state index contributed by atoms with van der Waals surface area (Å²) in [6.07, 6.45) is 11.5. The number of hydrogen-bond donors (Lipinski definition) is 1. The van der Waals surface area contributed by atoms with Gasteiger partial charge in [0.05, 0.1) is 6.61 Å². The molecule has 1 saturated carbocycles. The Balaban J connectivity index is 1.71. The van der Waals surface area contributed by atoms with Crippen LogP contribution in [0.15, 0.2) is 16.7 Å². The van der Waals surface area contributed by atoms with Gasteiger partial charge in [-0.05, 0) is 53.1 Å². The third-order valence-corrected chi connectivity index (χ3v) is 5.55. The van der Waals surface area contributed by atoms with Crippen LogP contribution in [-0.4, -0.2) is 23.2 Å². The molecule has 0 amide bonds. The summed E-state index contributed by atoms with van der Waals surface area (Å²) in [5.41, 5.74) is 1.54. The molecule has 3 nitrogen and oxygen atoms in total. The Hall–Kier alpha value is -0.610. The van der Waals surface area contributed by atoms with Gasteiger partial charge in [0, 0.05) is 29.3 Å². The SMILES string of the molecule is OCc1cc(Br)cnc1N1CCC2(CCCCC2)CC1. The van der Waals surface area contributed by atoms with E-state index in [2.05, 4.69) is 25.8 Å². The number of hydrogen-bond acceptors (Lipinski definition) is 3. The molecule has 1 saturated heterocycles. The highest BCUT2D eigenvalue weighted by atomic mass is 79.9. The van der Waals surface area contributed by atoms with Crippen molar-refractivity contribution >= 4 is 21.7 Å². The molecule has 1 aromatic heterocycles. The number of piperidine rings is 1. The van der Waals surface area contributed by atoms with Crippen LogP contribution >= 0.6 is 15.9 Å². The molecular weight excluding hydrogens is 316 g/mol. The molecule has 0 atom stereocenters. The van der Waals surface area contributed by atoms with Crippen molar-refractivity contribution in [2.24, 2.45) is 5.41 Å². The summed E-state index contributed by atoms with van der Waals surface area (Å²) in [5.74, 6) is 0.973. The highest BCUT2D eigenvalue weighted by Crippen LogP contribution is 2.45. The number of aliphatic hydroxyl groups is 1. The Morgan fingerprint density at radius 1 is 1.15 bits per heavy atom. The van der Waals surface area contributed by atoms with Crippen molar-refractivity contribution in [1.82, 2.24) is 4.98 Å². The summed E-state index contributed by atoms with van der Waals surface area (Å²) in [6.45, 7) is 2.23. The van der Waals surface area contributed by atoms with Crippen molar-refractivity contribution in [3.63, 3.8) is 0 Å². The van der Waals surface area contributed by atoms with E-state index in [0.29, 0.717) is 5.41 Å². The monoisotopic (exact) mass is 338 g/mol. The Morgan fingerprint density at radius 2 is 1.85 bits per heavy atom. The zero-order chi connectivity index (χ0) is 14.0. The standard InChI is InChI=1S/C16H23BrN2O/c17-14-10-13(12-20)15(18-11-14)19-8-6-16(7-9-19)4-2-1-3-5-16/h10-11,20H,1-9,12H2. The minimum absolute atomic E-state index is 0.0589. The number of aliphatic hydroxyl groups excluding tert-OH is 1. The molecule has 0 aromatic carbocycles. The molecule has 4 heteroatoms. The van der Waals surface area contributed by atoms with Crippen LogP contribution in [0.1, 0.15) is 50.5 Å². The summed E-state index contributed by atoms with van der Waals surface area (Å²) in [4.78, 5) is 6.88. The minimum atomic E-state index is 0.0589. The first-order valence-corrected chi connectivity index (χ1v) is 8.52. The number of aromatic nitrogens is 1. The van der Waals surface area contributed by atoms with Crippen LogP contribution in [-0.2, 0) is 6.61 Å². The molecule has 1 spiro atoms. The first-order chi connectivity index (χ1) is 9.72. The summed E-state index contributed by atoms with van der Waals surface area (Å²) < 4.78 is 0.936. The second-order valence-electron chi connectivity index (χ2n) is 6.34. The smallest absolute Gasteiger partial charge is 0.134 e. The van der Waals surface area contributed by atoms with Gasteiger partial charge in [-0.3, -0.25) is 0 Å². The summed E-state index contributed by atoms with van der Waals surface area (Å²) in [7, 11) is 0. The third kappa shape index (κ3) is 2.86. The maximum absolute atomic E-state index is 9.53. The van der Waals surface area contributed by atoms with E-state index in [4.69, 9.17) is 0 Å². The van der Waals surface area contributed by atoms with Crippen molar-refractivity contribution in [1.29, 1.82) is 0 Å². The lowest BCUT2D eigenvalue weighted by Gasteiger charge is -2.45. The van der Waals surface area contributed by atoms with Gasteiger partial charge >= 0.3 is 0 Å². The summed E-state index contributed by atoms with van der Waals surface area (Å²) >= 11 is 3.43. The Morgan fingerprint density at radius 3 is 2.50 bits per heavy atom. The average molecular weight is 339 g/mol. The van der Waals surface area contributed by atoms with Gasteiger partial charge in [0.25, 0.3) is 0 Å². The summed E-state index contributed by atoms with van der Waals surface area (Å²) in [6, 6.07) is 1.98. The molecule has 0 bridgehead atoms. The van der Waals surface area contributed by atoms with Gasteiger partial charge in [-0.1, -0.05) is 19.3 Å². The summed E-state index contributed by atoms with van der Waals surface area (Å²) in [5, 5.41) is 9.53. The van der Waals surface area contributed by atoms with Crippen LogP contribution < -0.4 is 4.90 Å². The predicted octanol–water partition coefficient (Wildman–Crippen LogP) is 3.89. The van der Waals surface area contributed by atoms with Gasteiger partial charge in [-0.25, -0.2) is 4.98 Å². The molecule has 2 fully saturated rings. The van der Waals surface area contributed by atoms with Crippen LogP contribution in [0, 0.1) is 5.41 Å². The van der Waals surface area contributed by atoms with Crippen molar-refractivity contribution in [3.8, 4) is 0 Å². The molecule has 1 aromatic rings. The second-order valence-corrected chi connectivity index (χ2v) is 7.26. The van der Waals surface area contributed by atoms with Crippen molar-refractivity contribution in [2.45, 2.75) is 51.6 Å². The van der Waals surface area contributed by atoms with Crippen molar-refractivity contribution in [3.05, 3.63) is 22.3 Å². The van der Waals surface area contributed by atoms with Gasteiger partial charge in [0.1, 0.15) is 5.82 Å². The molecule has 0 radical (unpaired) electrons. The van der Waals surface area contributed by atoms with Gasteiger partial charge in [0.2, 0.25) is 0 Å². The van der Waals surface area contributed by atoms with Crippen molar-refractivity contribution in [2.75, 3.05) is 18.0 Å². The fourth-order valence-electron chi connectivity index (χ4n) is 3.87. The lowest BCUT2D eigenvalue weighted by molar-refractivity contribution is 0.144. The van der Waals surface area contributed by atoms with Gasteiger partial charge < -0.3 is 10.0 Å². The molecule has 1 aliphatic heterocycles. The quantitative estimate of drug-likeness (QED) is 0.888. The molecular formula is C16H23BrN2O. The topological polar surface area (TPSA) is 36.4 Å². The molecule has 3 rings (SSSR count). The fourth-order valence-corrected chi connectivity index (χ4v) is 4.25.